The Labute approximate surface area is 143 Å². The summed E-state index contributed by atoms with van der Waals surface area (Å²) in [6, 6.07) is 17.2. The lowest BCUT2D eigenvalue weighted by molar-refractivity contribution is 0.0288. The minimum absolute atomic E-state index is 0.0900. The predicted octanol–water partition coefficient (Wildman–Crippen LogP) is 2.81. The molecule has 1 aliphatic carbocycles. The van der Waals surface area contributed by atoms with Crippen molar-refractivity contribution < 1.29 is 9.84 Å². The van der Waals surface area contributed by atoms with Crippen LogP contribution < -0.4 is 0 Å². The first-order valence-electron chi connectivity index (χ1n) is 8.96. The van der Waals surface area contributed by atoms with E-state index in [0.29, 0.717) is 0 Å². The zero-order chi connectivity index (χ0) is 16.4. The Morgan fingerprint density at radius 3 is 2.17 bits per heavy atom. The van der Waals surface area contributed by atoms with Crippen molar-refractivity contribution in [3.8, 4) is 0 Å². The summed E-state index contributed by atoms with van der Waals surface area (Å²) >= 11 is 0. The molecular formula is C21H25NO2. The van der Waals surface area contributed by atoms with Crippen LogP contribution in [0.2, 0.25) is 0 Å². The third-order valence-corrected chi connectivity index (χ3v) is 5.39. The van der Waals surface area contributed by atoms with Gasteiger partial charge in [0.15, 0.2) is 0 Å². The largest absolute Gasteiger partial charge is 0.392 e. The maximum absolute atomic E-state index is 11.0. The zero-order valence-corrected chi connectivity index (χ0v) is 14.0. The predicted molar refractivity (Wildman–Crippen MR) is 95.4 cm³/mol. The quantitative estimate of drug-likeness (QED) is 0.939. The number of hydrogen-bond acceptors (Lipinski definition) is 3. The topological polar surface area (TPSA) is 32.7 Å². The minimum atomic E-state index is -0.351. The first kappa shape index (κ1) is 15.8. The fourth-order valence-electron chi connectivity index (χ4n) is 4.09. The molecule has 0 radical (unpaired) electrons. The summed E-state index contributed by atoms with van der Waals surface area (Å²) in [6.07, 6.45) is 1.42. The number of fused-ring (bicyclic) bond motifs is 2. The summed E-state index contributed by atoms with van der Waals surface area (Å²) in [5, 5.41) is 11.0. The van der Waals surface area contributed by atoms with Crippen molar-refractivity contribution in [3.05, 3.63) is 70.8 Å². The number of nitrogens with zero attached hydrogens (tertiary/aromatic N) is 1. The van der Waals surface area contributed by atoms with E-state index in [4.69, 9.17) is 4.74 Å². The number of aliphatic hydroxyl groups is 1. The molecule has 126 valence electrons. The maximum Gasteiger partial charge on any atom is 0.0661 e. The van der Waals surface area contributed by atoms with Gasteiger partial charge in [0.25, 0.3) is 0 Å². The Bertz CT molecular complexity index is 648. The summed E-state index contributed by atoms with van der Waals surface area (Å²) in [4.78, 5) is 2.40. The average molecular weight is 323 g/mol. The highest BCUT2D eigenvalue weighted by Gasteiger charge is 2.30. The van der Waals surface area contributed by atoms with Crippen LogP contribution in [0, 0.1) is 0 Å². The van der Waals surface area contributed by atoms with Crippen LogP contribution in [0.1, 0.15) is 34.6 Å². The molecule has 2 aromatic carbocycles. The van der Waals surface area contributed by atoms with Crippen molar-refractivity contribution in [2.45, 2.75) is 24.9 Å². The first-order chi connectivity index (χ1) is 11.8. The van der Waals surface area contributed by atoms with Crippen LogP contribution in [0.4, 0.5) is 0 Å². The van der Waals surface area contributed by atoms with Crippen LogP contribution in [0.5, 0.6) is 0 Å². The van der Waals surface area contributed by atoms with E-state index in [1.807, 2.05) is 0 Å². The molecule has 3 nitrogen and oxygen atoms in total. The molecular weight excluding hydrogens is 298 g/mol. The molecule has 3 heteroatoms. The maximum atomic E-state index is 11.0. The second-order valence-corrected chi connectivity index (χ2v) is 6.86. The number of morpholine rings is 1. The van der Waals surface area contributed by atoms with Crippen molar-refractivity contribution >= 4 is 0 Å². The summed E-state index contributed by atoms with van der Waals surface area (Å²) in [7, 11) is 0. The SMILES string of the molecule is O[C@@H](CCN1CCOCC1)C1c2ccccc2Cc2ccccc21. The molecule has 0 unspecified atom stereocenters. The lowest BCUT2D eigenvalue weighted by Gasteiger charge is -2.33. The first-order valence-corrected chi connectivity index (χ1v) is 8.96. The van der Waals surface area contributed by atoms with Crippen molar-refractivity contribution in [3.63, 3.8) is 0 Å². The van der Waals surface area contributed by atoms with E-state index in [0.717, 1.165) is 45.7 Å². The zero-order valence-electron chi connectivity index (χ0n) is 14.0. The van der Waals surface area contributed by atoms with Crippen LogP contribution >= 0.6 is 0 Å². The molecule has 1 saturated heterocycles. The lowest BCUT2D eigenvalue weighted by atomic mass is 9.75. The van der Waals surface area contributed by atoms with Crippen LogP contribution in [-0.4, -0.2) is 49.0 Å². The van der Waals surface area contributed by atoms with E-state index in [-0.39, 0.29) is 12.0 Å². The molecule has 1 fully saturated rings. The Hall–Kier alpha value is -1.68. The monoisotopic (exact) mass is 323 g/mol. The van der Waals surface area contributed by atoms with Gasteiger partial charge in [-0.1, -0.05) is 48.5 Å². The number of ether oxygens (including phenoxy) is 1. The van der Waals surface area contributed by atoms with Crippen molar-refractivity contribution in [1.82, 2.24) is 4.90 Å². The van der Waals surface area contributed by atoms with Gasteiger partial charge in [0.2, 0.25) is 0 Å². The molecule has 0 amide bonds. The summed E-state index contributed by atoms with van der Waals surface area (Å²) < 4.78 is 5.41. The van der Waals surface area contributed by atoms with E-state index in [1.54, 1.807) is 0 Å². The van der Waals surface area contributed by atoms with E-state index < -0.39 is 0 Å². The Balaban J connectivity index is 1.57. The molecule has 0 spiro atoms. The highest BCUT2D eigenvalue weighted by atomic mass is 16.5. The van der Waals surface area contributed by atoms with Gasteiger partial charge < -0.3 is 9.84 Å². The van der Waals surface area contributed by atoms with Gasteiger partial charge in [-0.05, 0) is 35.1 Å². The molecule has 24 heavy (non-hydrogen) atoms. The number of aliphatic hydroxyl groups excluding tert-OH is 1. The van der Waals surface area contributed by atoms with Crippen molar-refractivity contribution in [1.29, 1.82) is 0 Å². The molecule has 2 aliphatic rings. The molecule has 1 atom stereocenters. The standard InChI is InChI=1S/C21H25NO2/c23-20(9-10-22-11-13-24-14-12-22)21-18-7-3-1-5-16(18)15-17-6-2-4-8-19(17)21/h1-8,20-21,23H,9-15H2/t20-/m0/s1. The third-order valence-electron chi connectivity index (χ3n) is 5.39. The minimum Gasteiger partial charge on any atom is -0.392 e. The molecule has 1 N–H and O–H groups in total. The molecule has 4 rings (SSSR count). The Kier molecular flexibility index (Phi) is 4.65. The van der Waals surface area contributed by atoms with Crippen molar-refractivity contribution in [2.24, 2.45) is 0 Å². The van der Waals surface area contributed by atoms with Gasteiger partial charge in [-0.3, -0.25) is 4.90 Å². The summed E-state index contributed by atoms with van der Waals surface area (Å²) in [5.41, 5.74) is 5.30. The van der Waals surface area contributed by atoms with E-state index >= 15 is 0 Å². The lowest BCUT2D eigenvalue weighted by Crippen LogP contribution is -2.38. The third kappa shape index (κ3) is 3.12. The number of benzene rings is 2. The summed E-state index contributed by atoms with van der Waals surface area (Å²) in [6.45, 7) is 4.51. The fourth-order valence-corrected chi connectivity index (χ4v) is 4.09. The van der Waals surface area contributed by atoms with Gasteiger partial charge in [-0.15, -0.1) is 0 Å². The van der Waals surface area contributed by atoms with Gasteiger partial charge in [-0.25, -0.2) is 0 Å². The Morgan fingerprint density at radius 1 is 0.958 bits per heavy atom. The smallest absolute Gasteiger partial charge is 0.0661 e. The van der Waals surface area contributed by atoms with Gasteiger partial charge in [0.05, 0.1) is 19.3 Å². The van der Waals surface area contributed by atoms with Crippen LogP contribution in [0.3, 0.4) is 0 Å². The van der Waals surface area contributed by atoms with Crippen LogP contribution in [-0.2, 0) is 11.2 Å². The Morgan fingerprint density at radius 2 is 1.54 bits per heavy atom. The second kappa shape index (κ2) is 7.06. The van der Waals surface area contributed by atoms with Gasteiger partial charge in [-0.2, -0.15) is 0 Å². The molecule has 1 aliphatic heterocycles. The molecule has 1 heterocycles. The highest BCUT2D eigenvalue weighted by Crippen LogP contribution is 2.39. The van der Waals surface area contributed by atoms with Gasteiger partial charge >= 0.3 is 0 Å². The number of hydrogen-bond donors (Lipinski definition) is 1. The van der Waals surface area contributed by atoms with Gasteiger partial charge in [0, 0.05) is 25.6 Å². The van der Waals surface area contributed by atoms with Crippen LogP contribution in [0.25, 0.3) is 0 Å². The van der Waals surface area contributed by atoms with Gasteiger partial charge in [0.1, 0.15) is 0 Å². The second-order valence-electron chi connectivity index (χ2n) is 6.86. The summed E-state index contributed by atoms with van der Waals surface area (Å²) in [5.74, 6) is 0.0900. The van der Waals surface area contributed by atoms with E-state index in [2.05, 4.69) is 53.4 Å². The molecule has 0 bridgehead atoms. The number of rotatable bonds is 4. The molecule has 2 aromatic rings. The van der Waals surface area contributed by atoms with Crippen LogP contribution in [0.15, 0.2) is 48.5 Å². The normalized spacial score (nSPS) is 19.5. The molecule has 0 aromatic heterocycles. The van der Waals surface area contributed by atoms with Crippen molar-refractivity contribution in [2.75, 3.05) is 32.8 Å². The average Bonchev–Trinajstić information content (AvgIpc) is 2.65. The molecule has 0 saturated carbocycles. The van der Waals surface area contributed by atoms with E-state index in [1.165, 1.54) is 22.3 Å². The highest BCUT2D eigenvalue weighted by molar-refractivity contribution is 5.49. The van der Waals surface area contributed by atoms with E-state index in [9.17, 15) is 5.11 Å². The fraction of sp³-hybridized carbons (Fsp3) is 0.429.